The third-order valence-corrected chi connectivity index (χ3v) is 3.33. The summed E-state index contributed by atoms with van der Waals surface area (Å²) in [6.45, 7) is 3.35. The van der Waals surface area contributed by atoms with Crippen LogP contribution in [0.5, 0.6) is 0 Å². The van der Waals surface area contributed by atoms with Crippen LogP contribution < -0.4 is 0 Å². The number of aliphatic hydroxyl groups excluding tert-OH is 1. The molecule has 0 aliphatic heterocycles. The Labute approximate surface area is 84.3 Å². The first kappa shape index (κ1) is 11.2. The summed E-state index contributed by atoms with van der Waals surface area (Å²) in [7, 11) is -3.20. The summed E-state index contributed by atoms with van der Waals surface area (Å²) in [5.41, 5.74) is 1.33. The SMILES string of the molecule is Cc1ccc(C(C)O)cc1S(C)(=O)=O. The van der Waals surface area contributed by atoms with Gasteiger partial charge in [-0.2, -0.15) is 0 Å². The van der Waals surface area contributed by atoms with E-state index in [0.717, 1.165) is 0 Å². The molecule has 0 saturated heterocycles. The van der Waals surface area contributed by atoms with E-state index in [2.05, 4.69) is 0 Å². The highest BCUT2D eigenvalue weighted by molar-refractivity contribution is 7.90. The third kappa shape index (κ3) is 2.33. The molecule has 0 spiro atoms. The van der Waals surface area contributed by atoms with Crippen LogP contribution in [0.4, 0.5) is 0 Å². The molecule has 0 saturated carbocycles. The molecule has 0 fully saturated rings. The van der Waals surface area contributed by atoms with E-state index >= 15 is 0 Å². The Morgan fingerprint density at radius 3 is 2.36 bits per heavy atom. The normalized spacial score (nSPS) is 14.0. The summed E-state index contributed by atoms with van der Waals surface area (Å²) >= 11 is 0. The lowest BCUT2D eigenvalue weighted by molar-refractivity contribution is 0.199. The van der Waals surface area contributed by atoms with Gasteiger partial charge < -0.3 is 5.11 Å². The Morgan fingerprint density at radius 1 is 1.36 bits per heavy atom. The van der Waals surface area contributed by atoms with E-state index in [9.17, 15) is 13.5 Å². The summed E-state index contributed by atoms with van der Waals surface area (Å²) in [5.74, 6) is 0. The Morgan fingerprint density at radius 2 is 1.93 bits per heavy atom. The smallest absolute Gasteiger partial charge is 0.175 e. The van der Waals surface area contributed by atoms with E-state index < -0.39 is 15.9 Å². The number of rotatable bonds is 2. The molecule has 0 heterocycles. The van der Waals surface area contributed by atoms with Crippen LogP contribution in [-0.4, -0.2) is 19.8 Å². The van der Waals surface area contributed by atoms with Crippen molar-refractivity contribution in [1.82, 2.24) is 0 Å². The van der Waals surface area contributed by atoms with E-state index in [1.807, 2.05) is 0 Å². The molecule has 4 heteroatoms. The molecule has 0 radical (unpaired) electrons. The van der Waals surface area contributed by atoms with Gasteiger partial charge in [-0.15, -0.1) is 0 Å². The Hall–Kier alpha value is -0.870. The zero-order chi connectivity index (χ0) is 10.9. The van der Waals surface area contributed by atoms with Crippen molar-refractivity contribution in [2.24, 2.45) is 0 Å². The number of hydrogen-bond acceptors (Lipinski definition) is 3. The van der Waals surface area contributed by atoms with Crippen molar-refractivity contribution in [1.29, 1.82) is 0 Å². The molecule has 0 amide bonds. The van der Waals surface area contributed by atoms with Crippen LogP contribution >= 0.6 is 0 Å². The molecular formula is C10H14O3S. The van der Waals surface area contributed by atoms with E-state index in [1.165, 1.54) is 12.3 Å². The molecule has 1 rings (SSSR count). The van der Waals surface area contributed by atoms with Gasteiger partial charge in [-0.3, -0.25) is 0 Å². The predicted octanol–water partition coefficient (Wildman–Crippen LogP) is 1.45. The summed E-state index contributed by atoms with van der Waals surface area (Å²) in [6, 6.07) is 4.96. The number of sulfone groups is 1. The highest BCUT2D eigenvalue weighted by Crippen LogP contribution is 2.20. The average molecular weight is 214 g/mol. The minimum atomic E-state index is -3.20. The van der Waals surface area contributed by atoms with Crippen molar-refractivity contribution < 1.29 is 13.5 Å². The highest BCUT2D eigenvalue weighted by Gasteiger charge is 2.12. The number of benzene rings is 1. The van der Waals surface area contributed by atoms with Crippen LogP contribution in [0.2, 0.25) is 0 Å². The lowest BCUT2D eigenvalue weighted by Crippen LogP contribution is -2.02. The van der Waals surface area contributed by atoms with Crippen LogP contribution in [0.25, 0.3) is 0 Å². The maximum Gasteiger partial charge on any atom is 0.175 e. The van der Waals surface area contributed by atoms with Gasteiger partial charge in [-0.05, 0) is 31.0 Å². The summed E-state index contributed by atoms with van der Waals surface area (Å²) in [4.78, 5) is 0.288. The fourth-order valence-electron chi connectivity index (χ4n) is 1.28. The topological polar surface area (TPSA) is 54.4 Å². The first-order valence-electron chi connectivity index (χ1n) is 4.31. The van der Waals surface area contributed by atoms with Gasteiger partial charge in [0, 0.05) is 6.26 Å². The predicted molar refractivity (Wildman–Crippen MR) is 54.9 cm³/mol. The maximum absolute atomic E-state index is 11.3. The van der Waals surface area contributed by atoms with Crippen molar-refractivity contribution in [2.45, 2.75) is 24.8 Å². The van der Waals surface area contributed by atoms with Crippen molar-refractivity contribution in [3.05, 3.63) is 29.3 Å². The van der Waals surface area contributed by atoms with Crippen LogP contribution in [-0.2, 0) is 9.84 Å². The molecule has 0 aliphatic carbocycles. The summed E-state index contributed by atoms with van der Waals surface area (Å²) in [6.07, 6.45) is 0.525. The van der Waals surface area contributed by atoms with Gasteiger partial charge >= 0.3 is 0 Å². The molecule has 1 unspecified atom stereocenters. The first-order valence-corrected chi connectivity index (χ1v) is 6.20. The zero-order valence-electron chi connectivity index (χ0n) is 8.48. The van der Waals surface area contributed by atoms with Gasteiger partial charge in [-0.25, -0.2) is 8.42 Å². The summed E-state index contributed by atoms with van der Waals surface area (Å²) in [5, 5.41) is 9.31. The molecule has 1 N–H and O–H groups in total. The van der Waals surface area contributed by atoms with Crippen molar-refractivity contribution in [3.8, 4) is 0 Å². The van der Waals surface area contributed by atoms with E-state index in [-0.39, 0.29) is 4.90 Å². The molecule has 3 nitrogen and oxygen atoms in total. The van der Waals surface area contributed by atoms with Gasteiger partial charge in [-0.1, -0.05) is 12.1 Å². The molecule has 1 atom stereocenters. The van der Waals surface area contributed by atoms with Gasteiger partial charge in [0.2, 0.25) is 0 Å². The average Bonchev–Trinajstić information content (AvgIpc) is 2.02. The van der Waals surface area contributed by atoms with E-state index in [1.54, 1.807) is 26.0 Å². The largest absolute Gasteiger partial charge is 0.389 e. The second-order valence-electron chi connectivity index (χ2n) is 3.47. The minimum Gasteiger partial charge on any atom is -0.389 e. The van der Waals surface area contributed by atoms with Gasteiger partial charge in [0.05, 0.1) is 11.0 Å². The van der Waals surface area contributed by atoms with Crippen LogP contribution in [0.3, 0.4) is 0 Å². The van der Waals surface area contributed by atoms with Crippen LogP contribution in [0, 0.1) is 6.92 Å². The third-order valence-electron chi connectivity index (χ3n) is 2.09. The minimum absolute atomic E-state index is 0.288. The maximum atomic E-state index is 11.3. The number of hydrogen-bond donors (Lipinski definition) is 1. The second kappa shape index (κ2) is 3.71. The number of aryl methyl sites for hydroxylation is 1. The lowest BCUT2D eigenvalue weighted by atomic mass is 10.1. The molecule has 1 aromatic carbocycles. The van der Waals surface area contributed by atoms with E-state index in [4.69, 9.17) is 0 Å². The summed E-state index contributed by atoms with van der Waals surface area (Å²) < 4.78 is 22.7. The molecule has 0 aromatic heterocycles. The van der Waals surface area contributed by atoms with E-state index in [0.29, 0.717) is 11.1 Å². The first-order chi connectivity index (χ1) is 6.32. The lowest BCUT2D eigenvalue weighted by Gasteiger charge is -2.08. The monoisotopic (exact) mass is 214 g/mol. The molecule has 1 aromatic rings. The van der Waals surface area contributed by atoms with Crippen molar-refractivity contribution in [2.75, 3.05) is 6.26 Å². The quantitative estimate of drug-likeness (QED) is 0.810. The van der Waals surface area contributed by atoms with Crippen LogP contribution in [0.1, 0.15) is 24.2 Å². The van der Waals surface area contributed by atoms with Gasteiger partial charge in [0.25, 0.3) is 0 Å². The number of aliphatic hydroxyl groups is 1. The molecule has 14 heavy (non-hydrogen) atoms. The van der Waals surface area contributed by atoms with Crippen molar-refractivity contribution in [3.63, 3.8) is 0 Å². The van der Waals surface area contributed by atoms with Gasteiger partial charge in [0.15, 0.2) is 9.84 Å². The molecule has 78 valence electrons. The second-order valence-corrected chi connectivity index (χ2v) is 5.46. The van der Waals surface area contributed by atoms with Crippen molar-refractivity contribution >= 4 is 9.84 Å². The molecule has 0 bridgehead atoms. The highest BCUT2D eigenvalue weighted by atomic mass is 32.2. The Bertz CT molecular complexity index is 433. The molecule has 0 aliphatic rings. The fraction of sp³-hybridized carbons (Fsp3) is 0.400. The van der Waals surface area contributed by atoms with Crippen LogP contribution in [0.15, 0.2) is 23.1 Å². The molecular weight excluding hydrogens is 200 g/mol. The standard InChI is InChI=1S/C10H14O3S/c1-7-4-5-9(8(2)11)6-10(7)14(3,12)13/h4-6,8,11H,1-3H3. The Balaban J connectivity index is 3.37. The van der Waals surface area contributed by atoms with Gasteiger partial charge in [0.1, 0.15) is 0 Å². The zero-order valence-corrected chi connectivity index (χ0v) is 9.30. The Kier molecular flexibility index (Phi) is 2.97. The fourth-order valence-corrected chi connectivity index (χ4v) is 2.28.